The van der Waals surface area contributed by atoms with Crippen molar-refractivity contribution in [3.8, 4) is 5.75 Å². The molecule has 21 heavy (non-hydrogen) atoms. The number of hydrogen-bond donors (Lipinski definition) is 1. The molecule has 0 atom stereocenters. The molecule has 0 heterocycles. The van der Waals surface area contributed by atoms with E-state index in [0.717, 1.165) is 16.7 Å². The molecule has 0 aliphatic carbocycles. The summed E-state index contributed by atoms with van der Waals surface area (Å²) in [5, 5.41) is 0. The lowest BCUT2D eigenvalue weighted by Gasteiger charge is -2.11. The molecule has 0 saturated carbocycles. The third-order valence-corrected chi connectivity index (χ3v) is 3.21. The van der Waals surface area contributed by atoms with Gasteiger partial charge >= 0.3 is 5.97 Å². The fraction of sp³-hybridized carbons (Fsp3) is 0.235. The SMILES string of the molecule is COc1ccc(C)cc1COC(=O)Cc1ccccc1N. The number of benzene rings is 2. The Bertz CT molecular complexity index is 638. The van der Waals surface area contributed by atoms with Crippen LogP contribution in [0.25, 0.3) is 0 Å². The number of rotatable bonds is 5. The maximum absolute atomic E-state index is 11.9. The van der Waals surface area contributed by atoms with Crippen LogP contribution in [0.3, 0.4) is 0 Å². The van der Waals surface area contributed by atoms with Crippen molar-refractivity contribution in [2.45, 2.75) is 20.0 Å². The van der Waals surface area contributed by atoms with Crippen LogP contribution in [-0.4, -0.2) is 13.1 Å². The second-order valence-electron chi connectivity index (χ2n) is 4.85. The fourth-order valence-corrected chi connectivity index (χ4v) is 2.08. The van der Waals surface area contributed by atoms with E-state index < -0.39 is 0 Å². The van der Waals surface area contributed by atoms with E-state index in [4.69, 9.17) is 15.2 Å². The molecular formula is C17H19NO3. The molecule has 0 amide bonds. The van der Waals surface area contributed by atoms with Crippen molar-refractivity contribution >= 4 is 11.7 Å². The van der Waals surface area contributed by atoms with Gasteiger partial charge in [0.25, 0.3) is 0 Å². The van der Waals surface area contributed by atoms with Crippen LogP contribution < -0.4 is 10.5 Å². The zero-order valence-electron chi connectivity index (χ0n) is 12.3. The molecular weight excluding hydrogens is 266 g/mol. The molecule has 0 aliphatic rings. The van der Waals surface area contributed by atoms with Crippen LogP contribution >= 0.6 is 0 Å². The van der Waals surface area contributed by atoms with Gasteiger partial charge in [0.2, 0.25) is 0 Å². The third-order valence-electron chi connectivity index (χ3n) is 3.21. The van der Waals surface area contributed by atoms with Gasteiger partial charge in [0.05, 0.1) is 13.5 Å². The second-order valence-corrected chi connectivity index (χ2v) is 4.85. The van der Waals surface area contributed by atoms with Gasteiger partial charge < -0.3 is 15.2 Å². The number of carbonyl (C=O) groups excluding carboxylic acids is 1. The number of nitrogen functional groups attached to an aromatic ring is 1. The van der Waals surface area contributed by atoms with Crippen molar-refractivity contribution in [2.24, 2.45) is 0 Å². The predicted molar refractivity (Wildman–Crippen MR) is 82.1 cm³/mol. The number of carbonyl (C=O) groups is 1. The van der Waals surface area contributed by atoms with Crippen LogP contribution in [-0.2, 0) is 22.6 Å². The highest BCUT2D eigenvalue weighted by molar-refractivity contribution is 5.74. The number of ether oxygens (including phenoxy) is 2. The predicted octanol–water partition coefficient (Wildman–Crippen LogP) is 2.87. The molecule has 0 unspecified atom stereocenters. The topological polar surface area (TPSA) is 61.5 Å². The van der Waals surface area contributed by atoms with E-state index in [-0.39, 0.29) is 19.0 Å². The third kappa shape index (κ3) is 3.99. The van der Waals surface area contributed by atoms with Crippen molar-refractivity contribution in [3.05, 3.63) is 59.2 Å². The minimum atomic E-state index is -0.309. The molecule has 0 aliphatic heterocycles. The maximum atomic E-state index is 11.9. The number of aryl methyl sites for hydroxylation is 1. The van der Waals surface area contributed by atoms with Gasteiger partial charge in [0, 0.05) is 11.3 Å². The van der Waals surface area contributed by atoms with E-state index in [1.165, 1.54) is 0 Å². The van der Waals surface area contributed by atoms with Crippen molar-refractivity contribution in [2.75, 3.05) is 12.8 Å². The van der Waals surface area contributed by atoms with Crippen LogP contribution in [0.4, 0.5) is 5.69 Å². The number of hydrogen-bond acceptors (Lipinski definition) is 4. The molecule has 2 N–H and O–H groups in total. The van der Waals surface area contributed by atoms with Gasteiger partial charge in [-0.15, -0.1) is 0 Å². The van der Waals surface area contributed by atoms with Crippen molar-refractivity contribution in [3.63, 3.8) is 0 Å². The van der Waals surface area contributed by atoms with Gasteiger partial charge in [-0.05, 0) is 30.7 Å². The number of methoxy groups -OCH3 is 1. The molecule has 2 rings (SSSR count). The van der Waals surface area contributed by atoms with Crippen LogP contribution in [0, 0.1) is 6.92 Å². The van der Waals surface area contributed by atoms with E-state index in [1.807, 2.05) is 43.3 Å². The van der Waals surface area contributed by atoms with E-state index in [2.05, 4.69) is 0 Å². The fourth-order valence-electron chi connectivity index (χ4n) is 2.08. The molecule has 110 valence electrons. The Labute approximate surface area is 124 Å². The summed E-state index contributed by atoms with van der Waals surface area (Å²) in [6.07, 6.45) is 0.167. The summed E-state index contributed by atoms with van der Waals surface area (Å²) in [4.78, 5) is 11.9. The molecule has 0 bridgehead atoms. The van der Waals surface area contributed by atoms with Crippen LogP contribution in [0.2, 0.25) is 0 Å². The number of para-hydroxylation sites is 1. The summed E-state index contributed by atoms with van der Waals surface area (Å²) in [5.74, 6) is 0.407. The number of nitrogens with two attached hydrogens (primary N) is 1. The van der Waals surface area contributed by atoms with Gasteiger partial charge in [-0.2, -0.15) is 0 Å². The lowest BCUT2D eigenvalue weighted by atomic mass is 10.1. The van der Waals surface area contributed by atoms with Crippen molar-refractivity contribution in [1.29, 1.82) is 0 Å². The quantitative estimate of drug-likeness (QED) is 0.678. The average molecular weight is 285 g/mol. The molecule has 2 aromatic rings. The molecule has 0 aromatic heterocycles. The molecule has 0 saturated heterocycles. The average Bonchev–Trinajstić information content (AvgIpc) is 2.48. The standard InChI is InChI=1S/C17H19NO3/c1-12-7-8-16(20-2)14(9-12)11-21-17(19)10-13-5-3-4-6-15(13)18/h3-9H,10-11,18H2,1-2H3. The molecule has 0 fully saturated rings. The molecule has 4 nitrogen and oxygen atoms in total. The smallest absolute Gasteiger partial charge is 0.310 e. The first kappa shape index (κ1) is 14.9. The highest BCUT2D eigenvalue weighted by Crippen LogP contribution is 2.21. The van der Waals surface area contributed by atoms with Crippen LogP contribution in [0.15, 0.2) is 42.5 Å². The largest absolute Gasteiger partial charge is 0.496 e. The van der Waals surface area contributed by atoms with Crippen molar-refractivity contribution in [1.82, 2.24) is 0 Å². The molecule has 0 radical (unpaired) electrons. The Kier molecular flexibility index (Phi) is 4.82. The van der Waals surface area contributed by atoms with Gasteiger partial charge in [-0.25, -0.2) is 0 Å². The van der Waals surface area contributed by atoms with Gasteiger partial charge in [0.1, 0.15) is 12.4 Å². The van der Waals surface area contributed by atoms with E-state index in [0.29, 0.717) is 11.4 Å². The first-order valence-electron chi connectivity index (χ1n) is 6.72. The maximum Gasteiger partial charge on any atom is 0.310 e. The van der Waals surface area contributed by atoms with E-state index in [9.17, 15) is 4.79 Å². The molecule has 2 aromatic carbocycles. The Morgan fingerprint density at radius 3 is 2.62 bits per heavy atom. The Morgan fingerprint density at radius 1 is 1.14 bits per heavy atom. The number of esters is 1. The lowest BCUT2D eigenvalue weighted by Crippen LogP contribution is -2.10. The first-order chi connectivity index (χ1) is 10.1. The zero-order valence-corrected chi connectivity index (χ0v) is 12.3. The Morgan fingerprint density at radius 2 is 1.90 bits per heavy atom. The van der Waals surface area contributed by atoms with Crippen molar-refractivity contribution < 1.29 is 14.3 Å². The van der Waals surface area contributed by atoms with Gasteiger partial charge in [-0.1, -0.05) is 29.8 Å². The van der Waals surface area contributed by atoms with Gasteiger partial charge in [0.15, 0.2) is 0 Å². The Balaban J connectivity index is 1.98. The van der Waals surface area contributed by atoms with Crippen LogP contribution in [0.5, 0.6) is 5.75 Å². The zero-order chi connectivity index (χ0) is 15.2. The summed E-state index contributed by atoms with van der Waals surface area (Å²) in [7, 11) is 1.60. The number of anilines is 1. The normalized spacial score (nSPS) is 10.2. The molecule has 4 heteroatoms. The second kappa shape index (κ2) is 6.79. The molecule has 0 spiro atoms. The summed E-state index contributed by atoms with van der Waals surface area (Å²) in [6.45, 7) is 2.17. The lowest BCUT2D eigenvalue weighted by molar-refractivity contribution is -0.144. The monoisotopic (exact) mass is 285 g/mol. The highest BCUT2D eigenvalue weighted by Gasteiger charge is 2.10. The minimum absolute atomic E-state index is 0.167. The minimum Gasteiger partial charge on any atom is -0.496 e. The van der Waals surface area contributed by atoms with E-state index >= 15 is 0 Å². The summed E-state index contributed by atoms with van der Waals surface area (Å²) < 4.78 is 10.6. The van der Waals surface area contributed by atoms with Crippen LogP contribution in [0.1, 0.15) is 16.7 Å². The first-order valence-corrected chi connectivity index (χ1v) is 6.72. The highest BCUT2D eigenvalue weighted by atomic mass is 16.5. The summed E-state index contributed by atoms with van der Waals surface area (Å²) in [5.41, 5.74) is 9.14. The summed E-state index contributed by atoms with van der Waals surface area (Å²) in [6, 6.07) is 13.0. The Hall–Kier alpha value is -2.49. The summed E-state index contributed by atoms with van der Waals surface area (Å²) >= 11 is 0. The van der Waals surface area contributed by atoms with E-state index in [1.54, 1.807) is 13.2 Å². The van der Waals surface area contributed by atoms with Gasteiger partial charge in [-0.3, -0.25) is 4.79 Å².